The lowest BCUT2D eigenvalue weighted by Gasteiger charge is -2.23. The zero-order valence-electron chi connectivity index (χ0n) is 9.82. The Morgan fingerprint density at radius 3 is 2.94 bits per heavy atom. The summed E-state index contributed by atoms with van der Waals surface area (Å²) in [7, 11) is 0. The van der Waals surface area contributed by atoms with Gasteiger partial charge in [0.25, 0.3) is 0 Å². The maximum Gasteiger partial charge on any atom is 0.224 e. The third-order valence-corrected chi connectivity index (χ3v) is 2.75. The van der Waals surface area contributed by atoms with Crippen molar-refractivity contribution in [3.8, 4) is 0 Å². The van der Waals surface area contributed by atoms with Gasteiger partial charge in [-0.05, 0) is 5.56 Å². The third kappa shape index (κ3) is 4.17. The predicted octanol–water partition coefficient (Wildman–Crippen LogP) is 0.334. The van der Waals surface area contributed by atoms with Crippen molar-refractivity contribution in [2.24, 2.45) is 0 Å². The number of carbonyl (C=O) groups excluding carboxylic acids is 1. The van der Waals surface area contributed by atoms with Crippen molar-refractivity contribution in [1.29, 1.82) is 0 Å². The Hall–Kier alpha value is -1.39. The summed E-state index contributed by atoms with van der Waals surface area (Å²) in [4.78, 5) is 11.7. The van der Waals surface area contributed by atoms with Gasteiger partial charge >= 0.3 is 0 Å². The van der Waals surface area contributed by atoms with Crippen molar-refractivity contribution in [3.05, 3.63) is 35.9 Å². The lowest BCUT2D eigenvalue weighted by molar-refractivity contribution is -0.120. The van der Waals surface area contributed by atoms with Gasteiger partial charge in [0.15, 0.2) is 0 Å². The van der Waals surface area contributed by atoms with Crippen molar-refractivity contribution in [2.75, 3.05) is 26.3 Å². The summed E-state index contributed by atoms with van der Waals surface area (Å²) in [6.45, 7) is 2.92. The fourth-order valence-electron chi connectivity index (χ4n) is 1.83. The van der Waals surface area contributed by atoms with E-state index in [0.717, 1.165) is 18.7 Å². The first kappa shape index (κ1) is 12.1. The molecule has 0 radical (unpaired) electrons. The van der Waals surface area contributed by atoms with Crippen LogP contribution in [0.15, 0.2) is 30.3 Å². The van der Waals surface area contributed by atoms with Gasteiger partial charge in [0.2, 0.25) is 5.91 Å². The topological polar surface area (TPSA) is 50.4 Å². The molecule has 2 rings (SSSR count). The molecule has 2 N–H and O–H groups in total. The minimum atomic E-state index is 0.0589. The number of amides is 1. The van der Waals surface area contributed by atoms with E-state index < -0.39 is 0 Å². The Labute approximate surface area is 101 Å². The molecule has 0 spiro atoms. The van der Waals surface area contributed by atoms with Crippen LogP contribution in [0.1, 0.15) is 5.56 Å². The first-order valence-corrected chi connectivity index (χ1v) is 5.96. The Balaban J connectivity index is 1.70. The first-order valence-electron chi connectivity index (χ1n) is 5.96. The molecule has 1 heterocycles. The van der Waals surface area contributed by atoms with Crippen LogP contribution in [0.3, 0.4) is 0 Å². The van der Waals surface area contributed by atoms with Crippen LogP contribution >= 0.6 is 0 Å². The number of morpholine rings is 1. The average molecular weight is 234 g/mol. The number of carbonyl (C=O) groups is 1. The Morgan fingerprint density at radius 1 is 1.41 bits per heavy atom. The van der Waals surface area contributed by atoms with Crippen molar-refractivity contribution >= 4 is 5.91 Å². The second kappa shape index (κ2) is 6.37. The summed E-state index contributed by atoms with van der Waals surface area (Å²) >= 11 is 0. The van der Waals surface area contributed by atoms with Gasteiger partial charge in [0.05, 0.1) is 19.6 Å². The van der Waals surface area contributed by atoms with Crippen LogP contribution in [-0.4, -0.2) is 38.3 Å². The highest BCUT2D eigenvalue weighted by Crippen LogP contribution is 1.99. The monoisotopic (exact) mass is 234 g/mol. The fraction of sp³-hybridized carbons (Fsp3) is 0.462. The zero-order valence-corrected chi connectivity index (χ0v) is 9.82. The zero-order chi connectivity index (χ0) is 11.9. The summed E-state index contributed by atoms with van der Waals surface area (Å²) in [5.74, 6) is 0.0589. The van der Waals surface area contributed by atoms with Gasteiger partial charge in [0, 0.05) is 19.1 Å². The molecule has 4 heteroatoms. The van der Waals surface area contributed by atoms with Gasteiger partial charge in [-0.1, -0.05) is 30.3 Å². The molecular formula is C13H18N2O2. The molecule has 0 saturated carbocycles. The molecule has 0 aliphatic carbocycles. The third-order valence-electron chi connectivity index (χ3n) is 2.75. The van der Waals surface area contributed by atoms with E-state index in [9.17, 15) is 4.79 Å². The SMILES string of the molecule is O=C(Cc1ccccc1)NCC1COCCN1. The molecule has 17 heavy (non-hydrogen) atoms. The molecule has 1 atom stereocenters. The first-order chi connectivity index (χ1) is 8.34. The standard InChI is InChI=1S/C13H18N2O2/c16-13(8-11-4-2-1-3-5-11)15-9-12-10-17-7-6-14-12/h1-5,12,14H,6-10H2,(H,15,16). The van der Waals surface area contributed by atoms with Crippen molar-refractivity contribution in [2.45, 2.75) is 12.5 Å². The maximum atomic E-state index is 11.7. The van der Waals surface area contributed by atoms with Crippen LogP contribution in [0, 0.1) is 0 Å². The highest BCUT2D eigenvalue weighted by atomic mass is 16.5. The van der Waals surface area contributed by atoms with E-state index in [1.807, 2.05) is 30.3 Å². The molecule has 0 aromatic heterocycles. The number of rotatable bonds is 4. The smallest absolute Gasteiger partial charge is 0.224 e. The van der Waals surface area contributed by atoms with Gasteiger partial charge in [-0.3, -0.25) is 4.79 Å². The molecule has 1 aliphatic rings. The van der Waals surface area contributed by atoms with E-state index in [-0.39, 0.29) is 11.9 Å². The quantitative estimate of drug-likeness (QED) is 0.789. The molecular weight excluding hydrogens is 216 g/mol. The van der Waals surface area contributed by atoms with Crippen molar-refractivity contribution in [1.82, 2.24) is 10.6 Å². The van der Waals surface area contributed by atoms with Crippen molar-refractivity contribution in [3.63, 3.8) is 0 Å². The van der Waals surface area contributed by atoms with E-state index >= 15 is 0 Å². The van der Waals surface area contributed by atoms with Crippen molar-refractivity contribution < 1.29 is 9.53 Å². The Morgan fingerprint density at radius 2 is 2.24 bits per heavy atom. The molecule has 92 valence electrons. The molecule has 1 aromatic carbocycles. The van der Waals surface area contributed by atoms with Crippen LogP contribution in [0.25, 0.3) is 0 Å². The molecule has 4 nitrogen and oxygen atoms in total. The van der Waals surface area contributed by atoms with Crippen LogP contribution in [-0.2, 0) is 16.0 Å². The largest absolute Gasteiger partial charge is 0.378 e. The summed E-state index contributed by atoms with van der Waals surface area (Å²) in [6.07, 6.45) is 0.439. The Kier molecular flexibility index (Phi) is 4.53. The molecule has 0 bridgehead atoms. The number of hydrogen-bond donors (Lipinski definition) is 2. The Bertz CT molecular complexity index is 348. The highest BCUT2D eigenvalue weighted by molar-refractivity contribution is 5.78. The van der Waals surface area contributed by atoms with Crippen LogP contribution < -0.4 is 10.6 Å². The summed E-state index contributed by atoms with van der Waals surface area (Å²) in [6, 6.07) is 10.00. The predicted molar refractivity (Wildman–Crippen MR) is 65.8 cm³/mol. The summed E-state index contributed by atoms with van der Waals surface area (Å²) in [5.41, 5.74) is 1.04. The average Bonchev–Trinajstić information content (AvgIpc) is 2.39. The summed E-state index contributed by atoms with van der Waals surface area (Å²) < 4.78 is 5.32. The molecule has 1 aliphatic heterocycles. The summed E-state index contributed by atoms with van der Waals surface area (Å²) in [5, 5.41) is 6.22. The number of hydrogen-bond acceptors (Lipinski definition) is 3. The normalized spacial score (nSPS) is 19.9. The second-order valence-electron chi connectivity index (χ2n) is 4.19. The number of ether oxygens (including phenoxy) is 1. The molecule has 1 saturated heterocycles. The molecule has 1 amide bonds. The maximum absolute atomic E-state index is 11.7. The molecule has 1 fully saturated rings. The van der Waals surface area contributed by atoms with Gasteiger partial charge in [-0.25, -0.2) is 0 Å². The van der Waals surface area contributed by atoms with E-state index in [1.165, 1.54) is 0 Å². The lowest BCUT2D eigenvalue weighted by Crippen LogP contribution is -2.48. The van der Waals surface area contributed by atoms with Gasteiger partial charge < -0.3 is 15.4 Å². The van der Waals surface area contributed by atoms with Gasteiger partial charge in [-0.2, -0.15) is 0 Å². The molecule has 1 unspecified atom stereocenters. The second-order valence-corrected chi connectivity index (χ2v) is 4.19. The highest BCUT2D eigenvalue weighted by Gasteiger charge is 2.13. The molecule has 1 aromatic rings. The minimum Gasteiger partial charge on any atom is -0.378 e. The van der Waals surface area contributed by atoms with E-state index in [4.69, 9.17) is 4.74 Å². The van der Waals surface area contributed by atoms with E-state index in [1.54, 1.807) is 0 Å². The van der Waals surface area contributed by atoms with Gasteiger partial charge in [-0.15, -0.1) is 0 Å². The van der Waals surface area contributed by atoms with E-state index in [0.29, 0.717) is 19.6 Å². The minimum absolute atomic E-state index is 0.0589. The van der Waals surface area contributed by atoms with E-state index in [2.05, 4.69) is 10.6 Å². The fourth-order valence-corrected chi connectivity index (χ4v) is 1.83. The number of benzene rings is 1. The van der Waals surface area contributed by atoms with Crippen LogP contribution in [0.5, 0.6) is 0 Å². The number of nitrogens with one attached hydrogen (secondary N) is 2. The van der Waals surface area contributed by atoms with Gasteiger partial charge in [0.1, 0.15) is 0 Å². The van der Waals surface area contributed by atoms with Crippen LogP contribution in [0.4, 0.5) is 0 Å². The van der Waals surface area contributed by atoms with Crippen LogP contribution in [0.2, 0.25) is 0 Å². The lowest BCUT2D eigenvalue weighted by atomic mass is 10.1.